The lowest BCUT2D eigenvalue weighted by atomic mass is 10.1. The van der Waals surface area contributed by atoms with E-state index in [0.29, 0.717) is 17.8 Å². The number of nitrogens with zero attached hydrogens (tertiary/aromatic N) is 2. The van der Waals surface area contributed by atoms with Crippen molar-refractivity contribution in [3.8, 4) is 0 Å². The van der Waals surface area contributed by atoms with Crippen LogP contribution in [0.5, 0.6) is 0 Å². The predicted molar refractivity (Wildman–Crippen MR) is 70.6 cm³/mol. The predicted octanol–water partition coefficient (Wildman–Crippen LogP) is 1.84. The number of hydrogen-bond donors (Lipinski definition) is 2. The van der Waals surface area contributed by atoms with Gasteiger partial charge in [0, 0.05) is 30.7 Å². The van der Waals surface area contributed by atoms with Crippen LogP contribution in [0.4, 0.5) is 11.6 Å². The third kappa shape index (κ3) is 2.41. The van der Waals surface area contributed by atoms with Crippen LogP contribution in [-0.2, 0) is 4.74 Å². The first-order chi connectivity index (χ1) is 8.74. The normalized spacial score (nSPS) is 20.9. The second-order valence-electron chi connectivity index (χ2n) is 5.25. The van der Waals surface area contributed by atoms with Crippen LogP contribution in [0.2, 0.25) is 0 Å². The molecule has 5 heteroatoms. The molecule has 2 aliphatic rings. The van der Waals surface area contributed by atoms with Crippen LogP contribution in [0.1, 0.15) is 43.0 Å². The molecule has 0 aromatic carbocycles. The summed E-state index contributed by atoms with van der Waals surface area (Å²) in [7, 11) is 0. The maximum Gasteiger partial charge on any atom is 0.136 e. The van der Waals surface area contributed by atoms with Crippen molar-refractivity contribution in [3.05, 3.63) is 11.4 Å². The summed E-state index contributed by atoms with van der Waals surface area (Å²) in [6.07, 6.45) is 4.45. The monoisotopic (exact) mass is 248 g/mol. The third-order valence-corrected chi connectivity index (χ3v) is 3.71. The molecule has 18 heavy (non-hydrogen) atoms. The van der Waals surface area contributed by atoms with E-state index >= 15 is 0 Å². The van der Waals surface area contributed by atoms with Crippen LogP contribution in [0.3, 0.4) is 0 Å². The highest BCUT2D eigenvalue weighted by atomic mass is 16.5. The van der Waals surface area contributed by atoms with E-state index in [1.54, 1.807) is 0 Å². The van der Waals surface area contributed by atoms with Crippen molar-refractivity contribution >= 4 is 11.6 Å². The molecule has 1 aliphatic carbocycles. The molecule has 2 heterocycles. The number of nitrogens with one attached hydrogen (secondary N) is 1. The molecule has 1 saturated heterocycles. The SMILES string of the molecule is Cc1c(N)nc(C2CC2)nc1NC1CCOCC1. The highest BCUT2D eigenvalue weighted by Gasteiger charge is 2.28. The molecule has 3 N–H and O–H groups in total. The van der Waals surface area contributed by atoms with Gasteiger partial charge >= 0.3 is 0 Å². The summed E-state index contributed by atoms with van der Waals surface area (Å²) in [6.45, 7) is 3.63. The Morgan fingerprint density at radius 1 is 1.17 bits per heavy atom. The van der Waals surface area contributed by atoms with E-state index in [9.17, 15) is 0 Å². The van der Waals surface area contributed by atoms with Gasteiger partial charge in [0.05, 0.1) is 0 Å². The van der Waals surface area contributed by atoms with E-state index in [0.717, 1.165) is 43.3 Å². The van der Waals surface area contributed by atoms with Gasteiger partial charge in [-0.05, 0) is 32.6 Å². The van der Waals surface area contributed by atoms with Crippen LogP contribution >= 0.6 is 0 Å². The second kappa shape index (κ2) is 4.72. The van der Waals surface area contributed by atoms with E-state index < -0.39 is 0 Å². The highest BCUT2D eigenvalue weighted by Crippen LogP contribution is 2.39. The molecular weight excluding hydrogens is 228 g/mol. The number of ether oxygens (including phenoxy) is 1. The molecule has 0 spiro atoms. The van der Waals surface area contributed by atoms with Crippen molar-refractivity contribution in [3.63, 3.8) is 0 Å². The van der Waals surface area contributed by atoms with E-state index in [1.807, 2.05) is 6.92 Å². The van der Waals surface area contributed by atoms with Crippen LogP contribution in [0.15, 0.2) is 0 Å². The molecule has 0 bridgehead atoms. The minimum atomic E-state index is 0.443. The number of rotatable bonds is 3. The van der Waals surface area contributed by atoms with Crippen LogP contribution in [0.25, 0.3) is 0 Å². The zero-order valence-corrected chi connectivity index (χ0v) is 10.8. The standard InChI is InChI=1S/C13H20N4O/c1-8-11(14)16-13(9-2-3-9)17-12(8)15-10-4-6-18-7-5-10/h9-10H,2-7H2,1H3,(H3,14,15,16,17). The molecule has 1 aromatic heterocycles. The van der Waals surface area contributed by atoms with Crippen molar-refractivity contribution in [1.29, 1.82) is 0 Å². The first kappa shape index (κ1) is 11.7. The lowest BCUT2D eigenvalue weighted by molar-refractivity contribution is 0.0903. The fourth-order valence-corrected chi connectivity index (χ4v) is 2.25. The summed E-state index contributed by atoms with van der Waals surface area (Å²) in [5, 5.41) is 3.50. The summed E-state index contributed by atoms with van der Waals surface area (Å²) in [5.41, 5.74) is 6.94. The number of anilines is 2. The largest absolute Gasteiger partial charge is 0.383 e. The minimum Gasteiger partial charge on any atom is -0.383 e. The molecule has 0 amide bonds. The zero-order chi connectivity index (χ0) is 12.5. The van der Waals surface area contributed by atoms with E-state index in [-0.39, 0.29) is 0 Å². The van der Waals surface area contributed by atoms with Crippen molar-refractivity contribution in [1.82, 2.24) is 9.97 Å². The molecule has 1 saturated carbocycles. The molecule has 1 aromatic rings. The summed E-state index contributed by atoms with van der Waals surface area (Å²) in [5.74, 6) is 2.97. The Morgan fingerprint density at radius 3 is 2.56 bits per heavy atom. The highest BCUT2D eigenvalue weighted by molar-refractivity contribution is 5.55. The third-order valence-electron chi connectivity index (χ3n) is 3.71. The molecule has 0 radical (unpaired) electrons. The quantitative estimate of drug-likeness (QED) is 0.853. The Kier molecular flexibility index (Phi) is 3.07. The lowest BCUT2D eigenvalue weighted by Gasteiger charge is -2.24. The van der Waals surface area contributed by atoms with Crippen LogP contribution in [-0.4, -0.2) is 29.2 Å². The molecule has 98 valence electrons. The number of hydrogen-bond acceptors (Lipinski definition) is 5. The van der Waals surface area contributed by atoms with Gasteiger partial charge in [0.1, 0.15) is 17.5 Å². The van der Waals surface area contributed by atoms with E-state index in [4.69, 9.17) is 10.5 Å². The number of aromatic nitrogens is 2. The first-order valence-electron chi connectivity index (χ1n) is 6.72. The summed E-state index contributed by atoms with van der Waals surface area (Å²) < 4.78 is 5.37. The molecule has 0 atom stereocenters. The maximum atomic E-state index is 5.98. The summed E-state index contributed by atoms with van der Waals surface area (Å²) >= 11 is 0. The van der Waals surface area contributed by atoms with Gasteiger partial charge in [-0.25, -0.2) is 9.97 Å². The van der Waals surface area contributed by atoms with Crippen molar-refractivity contribution < 1.29 is 4.74 Å². The van der Waals surface area contributed by atoms with Gasteiger partial charge in [0.15, 0.2) is 0 Å². The van der Waals surface area contributed by atoms with Gasteiger partial charge in [0.2, 0.25) is 0 Å². The number of nitrogen functional groups attached to an aromatic ring is 1. The molecular formula is C13H20N4O. The Bertz CT molecular complexity index is 439. The van der Waals surface area contributed by atoms with Gasteiger partial charge in [-0.3, -0.25) is 0 Å². The fourth-order valence-electron chi connectivity index (χ4n) is 2.25. The second-order valence-corrected chi connectivity index (χ2v) is 5.25. The smallest absolute Gasteiger partial charge is 0.136 e. The van der Waals surface area contributed by atoms with E-state index in [1.165, 1.54) is 12.8 Å². The number of nitrogens with two attached hydrogens (primary N) is 1. The van der Waals surface area contributed by atoms with E-state index in [2.05, 4.69) is 15.3 Å². The van der Waals surface area contributed by atoms with Crippen LogP contribution in [0, 0.1) is 6.92 Å². The van der Waals surface area contributed by atoms with Gasteiger partial charge in [-0.1, -0.05) is 0 Å². The van der Waals surface area contributed by atoms with Gasteiger partial charge < -0.3 is 15.8 Å². The summed E-state index contributed by atoms with van der Waals surface area (Å²) in [4.78, 5) is 9.04. The lowest BCUT2D eigenvalue weighted by Crippen LogP contribution is -2.29. The van der Waals surface area contributed by atoms with Gasteiger partial charge in [-0.2, -0.15) is 0 Å². The van der Waals surface area contributed by atoms with Crippen molar-refractivity contribution in [2.24, 2.45) is 0 Å². The first-order valence-corrected chi connectivity index (χ1v) is 6.72. The molecule has 3 rings (SSSR count). The van der Waals surface area contributed by atoms with Gasteiger partial charge in [-0.15, -0.1) is 0 Å². The Balaban J connectivity index is 1.80. The Morgan fingerprint density at radius 2 is 1.89 bits per heavy atom. The molecule has 1 aliphatic heterocycles. The van der Waals surface area contributed by atoms with Gasteiger partial charge in [0.25, 0.3) is 0 Å². The topological polar surface area (TPSA) is 73.1 Å². The van der Waals surface area contributed by atoms with Crippen molar-refractivity contribution in [2.75, 3.05) is 24.3 Å². The minimum absolute atomic E-state index is 0.443. The van der Waals surface area contributed by atoms with Crippen molar-refractivity contribution in [2.45, 2.75) is 44.6 Å². The average Bonchev–Trinajstić information content (AvgIpc) is 3.20. The molecule has 0 unspecified atom stereocenters. The average molecular weight is 248 g/mol. The summed E-state index contributed by atoms with van der Waals surface area (Å²) in [6, 6.07) is 0.443. The Hall–Kier alpha value is -1.36. The van der Waals surface area contributed by atoms with Crippen LogP contribution < -0.4 is 11.1 Å². The fraction of sp³-hybridized carbons (Fsp3) is 0.692. The maximum absolute atomic E-state index is 5.98. The Labute approximate surface area is 107 Å². The molecule has 2 fully saturated rings. The zero-order valence-electron chi connectivity index (χ0n) is 10.8. The molecule has 5 nitrogen and oxygen atoms in total.